The van der Waals surface area contributed by atoms with Crippen LogP contribution in [0.2, 0.25) is 0 Å². The van der Waals surface area contributed by atoms with Crippen molar-refractivity contribution in [3.8, 4) is 5.69 Å². The smallest absolute Gasteiger partial charge is 0.0867 e. The maximum atomic E-state index is 5.86. The minimum atomic E-state index is 0.397. The molecule has 4 nitrogen and oxygen atoms in total. The average Bonchev–Trinajstić information content (AvgIpc) is 2.83. The molecule has 3 rings (SSSR count). The first kappa shape index (κ1) is 10.5. The Morgan fingerprint density at radius 3 is 2.88 bits per heavy atom. The summed E-state index contributed by atoms with van der Waals surface area (Å²) in [5, 5.41) is 8.57. The molecule has 1 heterocycles. The molecule has 88 valence electrons. The fraction of sp³-hybridized carbons (Fsp3) is 0.385. The lowest BCUT2D eigenvalue weighted by Gasteiger charge is -2.21. The van der Waals surface area contributed by atoms with E-state index in [-0.39, 0.29) is 0 Å². The second-order valence-electron chi connectivity index (χ2n) is 4.49. The quantitative estimate of drug-likeness (QED) is 0.850. The van der Waals surface area contributed by atoms with Gasteiger partial charge in [-0.15, -0.1) is 5.10 Å². The molecule has 17 heavy (non-hydrogen) atoms. The highest BCUT2D eigenvalue weighted by Crippen LogP contribution is 2.30. The van der Waals surface area contributed by atoms with Crippen LogP contribution in [0.15, 0.2) is 30.3 Å². The fourth-order valence-corrected chi connectivity index (χ4v) is 2.55. The molecule has 0 amide bonds. The van der Waals surface area contributed by atoms with Gasteiger partial charge in [0.2, 0.25) is 0 Å². The molecular weight excluding hydrogens is 212 g/mol. The summed E-state index contributed by atoms with van der Waals surface area (Å²) in [5.41, 5.74) is 9.26. The van der Waals surface area contributed by atoms with Crippen molar-refractivity contribution in [3.05, 3.63) is 41.7 Å². The third-order valence-corrected chi connectivity index (χ3v) is 3.42. The van der Waals surface area contributed by atoms with E-state index < -0.39 is 0 Å². The second kappa shape index (κ2) is 4.30. The molecule has 0 spiro atoms. The van der Waals surface area contributed by atoms with Crippen LogP contribution in [0.3, 0.4) is 0 Å². The van der Waals surface area contributed by atoms with Gasteiger partial charge in [0.25, 0.3) is 0 Å². The summed E-state index contributed by atoms with van der Waals surface area (Å²) in [6.07, 6.45) is 3.34. The summed E-state index contributed by atoms with van der Waals surface area (Å²) in [5.74, 6) is 0.397. The van der Waals surface area contributed by atoms with E-state index in [4.69, 9.17) is 5.73 Å². The minimum Gasteiger partial charge on any atom is -0.330 e. The summed E-state index contributed by atoms with van der Waals surface area (Å²) < 4.78 is 1.95. The molecule has 0 fully saturated rings. The lowest BCUT2D eigenvalue weighted by molar-refractivity contribution is 0.533. The van der Waals surface area contributed by atoms with Crippen molar-refractivity contribution in [1.29, 1.82) is 0 Å². The molecule has 0 saturated heterocycles. The predicted molar refractivity (Wildman–Crippen MR) is 66.1 cm³/mol. The summed E-state index contributed by atoms with van der Waals surface area (Å²) in [6, 6.07) is 10.1. The van der Waals surface area contributed by atoms with Gasteiger partial charge in [-0.25, -0.2) is 4.68 Å². The molecule has 0 radical (unpaired) electrons. The maximum absolute atomic E-state index is 5.86. The summed E-state index contributed by atoms with van der Waals surface area (Å²) in [6.45, 7) is 0.674. The van der Waals surface area contributed by atoms with Gasteiger partial charge in [-0.05, 0) is 31.4 Å². The van der Waals surface area contributed by atoms with Crippen molar-refractivity contribution in [2.75, 3.05) is 6.54 Å². The van der Waals surface area contributed by atoms with Crippen LogP contribution in [0.1, 0.15) is 30.1 Å². The molecule has 1 aliphatic carbocycles. The van der Waals surface area contributed by atoms with Gasteiger partial charge in [-0.3, -0.25) is 0 Å². The van der Waals surface area contributed by atoms with E-state index in [2.05, 4.69) is 22.4 Å². The number of para-hydroxylation sites is 1. The van der Waals surface area contributed by atoms with Crippen LogP contribution in [0.5, 0.6) is 0 Å². The van der Waals surface area contributed by atoms with Gasteiger partial charge in [0.1, 0.15) is 0 Å². The van der Waals surface area contributed by atoms with E-state index in [1.54, 1.807) is 0 Å². The van der Waals surface area contributed by atoms with Gasteiger partial charge < -0.3 is 5.73 Å². The molecule has 0 bridgehead atoms. The summed E-state index contributed by atoms with van der Waals surface area (Å²) >= 11 is 0. The van der Waals surface area contributed by atoms with Crippen molar-refractivity contribution in [3.63, 3.8) is 0 Å². The Hall–Kier alpha value is -1.68. The topological polar surface area (TPSA) is 56.7 Å². The first-order valence-corrected chi connectivity index (χ1v) is 6.10. The predicted octanol–water partition coefficient (Wildman–Crippen LogP) is 1.65. The molecule has 1 unspecified atom stereocenters. The monoisotopic (exact) mass is 228 g/mol. The van der Waals surface area contributed by atoms with Crippen LogP contribution in [-0.2, 0) is 6.42 Å². The number of fused-ring (bicyclic) bond motifs is 1. The Kier molecular flexibility index (Phi) is 2.65. The highest BCUT2D eigenvalue weighted by molar-refractivity contribution is 5.35. The van der Waals surface area contributed by atoms with Crippen LogP contribution < -0.4 is 5.73 Å². The van der Waals surface area contributed by atoms with Gasteiger partial charge in [-0.2, -0.15) is 0 Å². The number of aryl methyl sites for hydroxylation is 1. The van der Waals surface area contributed by atoms with Crippen molar-refractivity contribution in [1.82, 2.24) is 15.0 Å². The number of benzene rings is 1. The number of nitrogens with two attached hydrogens (primary N) is 1. The highest BCUT2D eigenvalue weighted by Gasteiger charge is 2.25. The van der Waals surface area contributed by atoms with E-state index in [0.29, 0.717) is 12.5 Å². The van der Waals surface area contributed by atoms with E-state index in [9.17, 15) is 0 Å². The van der Waals surface area contributed by atoms with Gasteiger partial charge in [0.15, 0.2) is 0 Å². The van der Waals surface area contributed by atoms with Crippen molar-refractivity contribution in [2.24, 2.45) is 5.73 Å². The molecular formula is C13H16N4. The normalized spacial score (nSPS) is 19.0. The van der Waals surface area contributed by atoms with Gasteiger partial charge in [-0.1, -0.05) is 23.4 Å². The van der Waals surface area contributed by atoms with E-state index >= 15 is 0 Å². The number of rotatable bonds is 2. The van der Waals surface area contributed by atoms with Crippen molar-refractivity contribution >= 4 is 0 Å². The largest absolute Gasteiger partial charge is 0.330 e. The number of nitrogens with zero attached hydrogens (tertiary/aromatic N) is 3. The van der Waals surface area contributed by atoms with Gasteiger partial charge in [0, 0.05) is 12.5 Å². The summed E-state index contributed by atoms with van der Waals surface area (Å²) in [7, 11) is 0. The molecule has 2 N–H and O–H groups in total. The zero-order valence-corrected chi connectivity index (χ0v) is 9.71. The minimum absolute atomic E-state index is 0.397. The lowest BCUT2D eigenvalue weighted by atomic mass is 9.89. The molecule has 1 aromatic heterocycles. The molecule has 0 aliphatic heterocycles. The molecule has 1 aliphatic rings. The van der Waals surface area contributed by atoms with Crippen LogP contribution >= 0.6 is 0 Å². The second-order valence-corrected chi connectivity index (χ2v) is 4.49. The Bertz CT molecular complexity index is 503. The highest BCUT2D eigenvalue weighted by atomic mass is 15.4. The van der Waals surface area contributed by atoms with E-state index in [0.717, 1.165) is 24.2 Å². The Morgan fingerprint density at radius 1 is 1.29 bits per heavy atom. The molecule has 1 aromatic carbocycles. The Labute approximate surface area is 100 Å². The van der Waals surface area contributed by atoms with Crippen LogP contribution in [0.4, 0.5) is 0 Å². The van der Waals surface area contributed by atoms with Crippen molar-refractivity contribution < 1.29 is 0 Å². The third-order valence-electron chi connectivity index (χ3n) is 3.42. The Balaban J connectivity index is 2.10. The zero-order valence-electron chi connectivity index (χ0n) is 9.71. The first-order chi connectivity index (χ1) is 8.40. The van der Waals surface area contributed by atoms with E-state index in [1.165, 1.54) is 12.1 Å². The third kappa shape index (κ3) is 1.74. The van der Waals surface area contributed by atoms with Crippen LogP contribution in [-0.4, -0.2) is 21.5 Å². The Morgan fingerprint density at radius 2 is 2.12 bits per heavy atom. The van der Waals surface area contributed by atoms with Gasteiger partial charge >= 0.3 is 0 Å². The summed E-state index contributed by atoms with van der Waals surface area (Å²) in [4.78, 5) is 0. The zero-order chi connectivity index (χ0) is 11.7. The standard InChI is InChI=1S/C13H16N4/c14-9-10-5-4-8-12-13(10)17(16-15-12)11-6-2-1-3-7-11/h1-3,6-7,10H,4-5,8-9,14H2. The average molecular weight is 228 g/mol. The van der Waals surface area contributed by atoms with Gasteiger partial charge in [0.05, 0.1) is 17.1 Å². The van der Waals surface area contributed by atoms with Crippen molar-refractivity contribution in [2.45, 2.75) is 25.2 Å². The molecule has 0 saturated carbocycles. The number of aromatic nitrogens is 3. The van der Waals surface area contributed by atoms with Crippen LogP contribution in [0, 0.1) is 0 Å². The number of hydrogen-bond donors (Lipinski definition) is 1. The van der Waals surface area contributed by atoms with Crippen LogP contribution in [0.25, 0.3) is 5.69 Å². The molecule has 1 atom stereocenters. The molecule has 2 aromatic rings. The maximum Gasteiger partial charge on any atom is 0.0867 e. The number of hydrogen-bond acceptors (Lipinski definition) is 3. The fourth-order valence-electron chi connectivity index (χ4n) is 2.55. The lowest BCUT2D eigenvalue weighted by Crippen LogP contribution is -2.21. The SMILES string of the molecule is NCC1CCCc2nnn(-c3ccccc3)c21. The first-order valence-electron chi connectivity index (χ1n) is 6.10. The molecule has 4 heteroatoms. The van der Waals surface area contributed by atoms with E-state index in [1.807, 2.05) is 22.9 Å².